The maximum Gasteiger partial charge on any atom is 0.252 e. The minimum atomic E-state index is -1.23. The number of carbonyl (C=O) groups excluding carboxylic acids is 7. The van der Waals surface area contributed by atoms with Gasteiger partial charge in [-0.05, 0) is 93.3 Å². The van der Waals surface area contributed by atoms with Crippen LogP contribution in [0.25, 0.3) is 0 Å². The zero-order chi connectivity index (χ0) is 46.3. The van der Waals surface area contributed by atoms with E-state index >= 15 is 0 Å². The van der Waals surface area contributed by atoms with Crippen molar-refractivity contribution in [3.8, 4) is 0 Å². The molecule has 344 valence electrons. The van der Waals surface area contributed by atoms with Crippen LogP contribution in [-0.2, 0) is 35.2 Å². The van der Waals surface area contributed by atoms with Crippen LogP contribution in [0.4, 0.5) is 0 Å². The molecule has 64 heavy (non-hydrogen) atoms. The summed E-state index contributed by atoms with van der Waals surface area (Å²) in [7, 11) is 0. The van der Waals surface area contributed by atoms with Crippen molar-refractivity contribution in [1.82, 2.24) is 41.0 Å². The molecule has 2 aliphatic heterocycles. The zero-order valence-electron chi connectivity index (χ0n) is 36.1. The molecule has 2 fully saturated rings. The Labute approximate surface area is 383 Å². The highest BCUT2D eigenvalue weighted by atomic mass is 35.5. The lowest BCUT2D eigenvalue weighted by molar-refractivity contribution is -0.144. The Bertz CT molecular complexity index is 2120. The molecule has 1 aromatic carbocycles. The highest BCUT2D eigenvalue weighted by Gasteiger charge is 2.45. The van der Waals surface area contributed by atoms with Crippen molar-refractivity contribution in [3.63, 3.8) is 0 Å². The monoisotopic (exact) mass is 920 g/mol. The molecule has 2 saturated heterocycles. The van der Waals surface area contributed by atoms with E-state index < -0.39 is 71.7 Å². The van der Waals surface area contributed by atoms with Crippen molar-refractivity contribution in [2.45, 2.75) is 120 Å². The van der Waals surface area contributed by atoms with E-state index in [1.54, 1.807) is 61.1 Å². The molecular formula is C45H58Cl2N10O7. The van der Waals surface area contributed by atoms with E-state index in [2.05, 4.69) is 31.2 Å². The number of aromatic nitrogens is 2. The van der Waals surface area contributed by atoms with Crippen molar-refractivity contribution in [2.24, 2.45) is 11.5 Å². The minimum absolute atomic E-state index is 0.0380. The molecule has 4 heterocycles. The number of amides is 7. The van der Waals surface area contributed by atoms with E-state index in [0.717, 1.165) is 6.42 Å². The number of halogens is 2. The van der Waals surface area contributed by atoms with Crippen LogP contribution in [0.15, 0.2) is 67.3 Å². The number of likely N-dealkylation sites (tertiary alicyclic amines) is 2. The second-order valence-corrected chi connectivity index (χ2v) is 17.1. The molecule has 5 rings (SSSR count). The normalized spacial score (nSPS) is 18.9. The van der Waals surface area contributed by atoms with E-state index in [-0.39, 0.29) is 29.8 Å². The number of carbonyl (C=O) groups is 7. The second-order valence-electron chi connectivity index (χ2n) is 16.3. The number of nitrogens with zero attached hydrogens (tertiary/aromatic N) is 4. The summed E-state index contributed by atoms with van der Waals surface area (Å²) in [5.41, 5.74) is 13.7. The first-order valence-electron chi connectivity index (χ1n) is 21.8. The van der Waals surface area contributed by atoms with Crippen LogP contribution in [0, 0.1) is 0 Å². The van der Waals surface area contributed by atoms with Gasteiger partial charge in [0.2, 0.25) is 35.4 Å². The quantitative estimate of drug-likeness (QED) is 0.0853. The first-order chi connectivity index (χ1) is 30.7. The van der Waals surface area contributed by atoms with Gasteiger partial charge in [0, 0.05) is 56.8 Å². The molecule has 0 spiro atoms. The number of hydrogen-bond acceptors (Lipinski definition) is 10. The third-order valence-corrected chi connectivity index (χ3v) is 12.4. The molecular weight excluding hydrogens is 863 g/mol. The predicted octanol–water partition coefficient (Wildman–Crippen LogP) is 2.78. The second kappa shape index (κ2) is 23.9. The van der Waals surface area contributed by atoms with E-state index in [4.69, 9.17) is 34.7 Å². The number of benzene rings is 1. The molecule has 17 nitrogen and oxygen atoms in total. The number of hydrogen-bond donors (Lipinski definition) is 6. The minimum Gasteiger partial charge on any atom is -0.368 e. The summed E-state index contributed by atoms with van der Waals surface area (Å²) in [5.74, 6) is -4.22. The van der Waals surface area contributed by atoms with E-state index in [1.165, 1.54) is 22.9 Å². The van der Waals surface area contributed by atoms with E-state index in [0.29, 0.717) is 86.2 Å². The van der Waals surface area contributed by atoms with Gasteiger partial charge in [-0.3, -0.25) is 43.5 Å². The van der Waals surface area contributed by atoms with Gasteiger partial charge in [0.15, 0.2) is 0 Å². The Kier molecular flexibility index (Phi) is 18.4. The fourth-order valence-corrected chi connectivity index (χ4v) is 8.51. The van der Waals surface area contributed by atoms with Crippen LogP contribution in [0.3, 0.4) is 0 Å². The SMILES string of the molecule is CCCC[C@H](NC(=O)[C@@H](Cc1ccc(Cl)c(Cl)c1)NC(=O)[C@@H]1C(c2cccnc2)CCN1C(=O)[C@H](C)NC(=O)[C@@H]1CCCN1C(=O)[C@H](N)CCCCNC(=O)c1cccnc1)C(N)=O. The Balaban J connectivity index is 1.26. The maximum atomic E-state index is 14.6. The standard InChI is InChI=1S/C45H58Cl2N10O7/c1-3-4-13-35(39(49)58)54-41(60)36(24-28-15-16-32(46)33(47)23-28)55-43(62)38-31(29-10-7-18-50-25-29)17-22-57(38)44(63)27(2)53-42(61)37-14-9-21-56(37)45(64)34(48)12-5-6-20-52-40(59)30-11-8-19-51-26-30/h7-8,10-11,15-16,18-19,23,25-27,31,34-38H,3-6,9,12-14,17,20-22,24,48H2,1-2H3,(H2,49,58)(H,52,59)(H,53,61)(H,54,60)(H,55,62)/t27-,31?,34+,35-,36+,37-,38-/m0/s1. The van der Waals surface area contributed by atoms with Gasteiger partial charge >= 0.3 is 0 Å². The van der Waals surface area contributed by atoms with Crippen LogP contribution < -0.4 is 32.7 Å². The topological polar surface area (TPSA) is 252 Å². The largest absolute Gasteiger partial charge is 0.368 e. The Hall–Kier alpha value is -5.65. The first kappa shape index (κ1) is 49.4. The van der Waals surface area contributed by atoms with Crippen molar-refractivity contribution < 1.29 is 33.6 Å². The smallest absolute Gasteiger partial charge is 0.252 e. The maximum absolute atomic E-state index is 14.6. The van der Waals surface area contributed by atoms with Crippen molar-refractivity contribution in [2.75, 3.05) is 19.6 Å². The molecule has 1 unspecified atom stereocenters. The van der Waals surface area contributed by atoms with E-state index in [9.17, 15) is 33.6 Å². The van der Waals surface area contributed by atoms with Crippen LogP contribution in [0.2, 0.25) is 10.0 Å². The summed E-state index contributed by atoms with van der Waals surface area (Å²) in [4.78, 5) is 106. The third-order valence-electron chi connectivity index (χ3n) is 11.7. The number of primary amides is 1. The van der Waals surface area contributed by atoms with Gasteiger partial charge in [0.05, 0.1) is 21.7 Å². The predicted molar refractivity (Wildman–Crippen MR) is 241 cm³/mol. The number of pyridine rings is 2. The summed E-state index contributed by atoms with van der Waals surface area (Å²) >= 11 is 12.5. The highest BCUT2D eigenvalue weighted by molar-refractivity contribution is 6.42. The average Bonchev–Trinajstić information content (AvgIpc) is 3.97. The Morgan fingerprint density at radius 3 is 2.23 bits per heavy atom. The number of rotatable bonds is 21. The van der Waals surface area contributed by atoms with Crippen molar-refractivity contribution in [1.29, 1.82) is 0 Å². The first-order valence-corrected chi connectivity index (χ1v) is 22.5. The summed E-state index contributed by atoms with van der Waals surface area (Å²) in [6, 6.07) is 5.53. The van der Waals surface area contributed by atoms with Gasteiger partial charge in [0.25, 0.3) is 5.91 Å². The molecule has 0 saturated carbocycles. The highest BCUT2D eigenvalue weighted by Crippen LogP contribution is 2.34. The fraction of sp³-hybridized carbons (Fsp3) is 0.489. The van der Waals surface area contributed by atoms with Crippen LogP contribution in [0.5, 0.6) is 0 Å². The lowest BCUT2D eigenvalue weighted by atomic mass is 9.91. The molecule has 0 radical (unpaired) electrons. The molecule has 2 aromatic heterocycles. The van der Waals surface area contributed by atoms with Crippen molar-refractivity contribution >= 4 is 64.6 Å². The number of unbranched alkanes of at least 4 members (excludes halogenated alkanes) is 2. The zero-order valence-corrected chi connectivity index (χ0v) is 37.7. The number of nitrogens with two attached hydrogens (primary N) is 2. The van der Waals surface area contributed by atoms with Crippen LogP contribution in [-0.4, -0.2) is 117 Å². The summed E-state index contributed by atoms with van der Waals surface area (Å²) in [6.45, 7) is 4.33. The molecule has 2 aliphatic rings. The Morgan fingerprint density at radius 1 is 0.812 bits per heavy atom. The molecule has 0 bridgehead atoms. The van der Waals surface area contributed by atoms with Gasteiger partial charge in [-0.15, -0.1) is 0 Å². The molecule has 19 heteroatoms. The molecule has 7 amide bonds. The summed E-state index contributed by atoms with van der Waals surface area (Å²) < 4.78 is 0. The number of nitrogens with one attached hydrogen (secondary N) is 4. The van der Waals surface area contributed by atoms with Gasteiger partial charge in [0.1, 0.15) is 30.2 Å². The molecule has 0 aliphatic carbocycles. The van der Waals surface area contributed by atoms with E-state index in [1.807, 2.05) is 6.92 Å². The molecule has 7 atom stereocenters. The molecule has 3 aromatic rings. The van der Waals surface area contributed by atoms with Gasteiger partial charge in [-0.1, -0.05) is 55.1 Å². The fourth-order valence-electron chi connectivity index (χ4n) is 8.19. The van der Waals surface area contributed by atoms with Crippen LogP contribution in [0.1, 0.15) is 99.0 Å². The summed E-state index contributed by atoms with van der Waals surface area (Å²) in [5, 5.41) is 11.7. The van der Waals surface area contributed by atoms with Crippen molar-refractivity contribution in [3.05, 3.63) is 94.0 Å². The van der Waals surface area contributed by atoms with Gasteiger partial charge in [-0.2, -0.15) is 0 Å². The third kappa shape index (κ3) is 13.2. The van der Waals surface area contributed by atoms with Gasteiger partial charge < -0.3 is 42.5 Å². The summed E-state index contributed by atoms with van der Waals surface area (Å²) in [6.07, 6.45) is 10.7. The molecule has 8 N–H and O–H groups in total. The lowest BCUT2D eigenvalue weighted by Crippen LogP contribution is -2.59. The Morgan fingerprint density at radius 2 is 1.56 bits per heavy atom. The van der Waals surface area contributed by atoms with Gasteiger partial charge in [-0.25, -0.2) is 0 Å². The van der Waals surface area contributed by atoms with Crippen LogP contribution >= 0.6 is 23.2 Å². The average molecular weight is 922 g/mol. The lowest BCUT2D eigenvalue weighted by Gasteiger charge is -2.32.